The Morgan fingerprint density at radius 2 is 2.05 bits per heavy atom. The molecule has 0 saturated heterocycles. The molecule has 0 spiro atoms. The van der Waals surface area contributed by atoms with Crippen molar-refractivity contribution in [3.8, 4) is 0 Å². The lowest BCUT2D eigenvalue weighted by atomic mass is 10.1. The van der Waals surface area contributed by atoms with Crippen molar-refractivity contribution < 1.29 is 0 Å². The van der Waals surface area contributed by atoms with Gasteiger partial charge in [-0.05, 0) is 31.7 Å². The van der Waals surface area contributed by atoms with Gasteiger partial charge >= 0.3 is 0 Å². The quantitative estimate of drug-likeness (QED) is 0.863. The molecule has 0 radical (unpaired) electrons. The summed E-state index contributed by atoms with van der Waals surface area (Å²) >= 11 is 1.86. The van der Waals surface area contributed by atoms with E-state index in [-0.39, 0.29) is 0 Å². The minimum absolute atomic E-state index is 0.508. The Kier molecular flexibility index (Phi) is 5.22. The SMILES string of the molecule is CNCc1sc(N(C)CC2CCCC2)nc1C(C)C. The van der Waals surface area contributed by atoms with Crippen molar-refractivity contribution in [2.75, 3.05) is 25.5 Å². The predicted octanol–water partition coefficient (Wildman–Crippen LogP) is 3.61. The molecule has 1 fully saturated rings. The lowest BCUT2D eigenvalue weighted by Gasteiger charge is -2.20. The van der Waals surface area contributed by atoms with Gasteiger partial charge in [0.15, 0.2) is 5.13 Å². The van der Waals surface area contributed by atoms with E-state index < -0.39 is 0 Å². The fourth-order valence-electron chi connectivity index (χ4n) is 2.91. The minimum Gasteiger partial charge on any atom is -0.351 e. The van der Waals surface area contributed by atoms with Crippen molar-refractivity contribution in [3.05, 3.63) is 10.6 Å². The fraction of sp³-hybridized carbons (Fsp3) is 0.800. The number of nitrogens with one attached hydrogen (secondary N) is 1. The molecule has 2 rings (SSSR count). The van der Waals surface area contributed by atoms with Crippen LogP contribution in [-0.2, 0) is 6.54 Å². The van der Waals surface area contributed by atoms with E-state index >= 15 is 0 Å². The molecular formula is C15H27N3S. The summed E-state index contributed by atoms with van der Waals surface area (Å²) in [6, 6.07) is 0. The Labute approximate surface area is 121 Å². The first-order valence-corrected chi connectivity index (χ1v) is 8.28. The molecular weight excluding hydrogens is 254 g/mol. The smallest absolute Gasteiger partial charge is 0.185 e. The number of aromatic nitrogens is 1. The van der Waals surface area contributed by atoms with Crippen LogP contribution in [0.2, 0.25) is 0 Å². The average Bonchev–Trinajstić information content (AvgIpc) is 2.98. The zero-order valence-corrected chi connectivity index (χ0v) is 13.5. The minimum atomic E-state index is 0.508. The molecule has 1 N–H and O–H groups in total. The normalized spacial score (nSPS) is 16.5. The molecule has 1 saturated carbocycles. The van der Waals surface area contributed by atoms with Crippen LogP contribution in [0.5, 0.6) is 0 Å². The van der Waals surface area contributed by atoms with E-state index in [0.29, 0.717) is 5.92 Å². The number of thiazole rings is 1. The van der Waals surface area contributed by atoms with Crippen LogP contribution >= 0.6 is 11.3 Å². The molecule has 1 heterocycles. The van der Waals surface area contributed by atoms with Gasteiger partial charge in [-0.15, -0.1) is 11.3 Å². The second-order valence-electron chi connectivity index (χ2n) is 6.02. The van der Waals surface area contributed by atoms with Crippen molar-refractivity contribution in [2.24, 2.45) is 5.92 Å². The molecule has 0 amide bonds. The van der Waals surface area contributed by atoms with Crippen LogP contribution in [-0.4, -0.2) is 25.6 Å². The van der Waals surface area contributed by atoms with Crippen molar-refractivity contribution >= 4 is 16.5 Å². The van der Waals surface area contributed by atoms with Gasteiger partial charge in [0.05, 0.1) is 5.69 Å². The zero-order chi connectivity index (χ0) is 13.8. The molecule has 0 aromatic carbocycles. The van der Waals surface area contributed by atoms with Gasteiger partial charge in [0.25, 0.3) is 0 Å². The van der Waals surface area contributed by atoms with Gasteiger partial charge < -0.3 is 10.2 Å². The third-order valence-electron chi connectivity index (χ3n) is 3.93. The van der Waals surface area contributed by atoms with Crippen molar-refractivity contribution in [1.29, 1.82) is 0 Å². The van der Waals surface area contributed by atoms with Gasteiger partial charge in [0.2, 0.25) is 0 Å². The molecule has 108 valence electrons. The van der Waals surface area contributed by atoms with Gasteiger partial charge in [0.1, 0.15) is 0 Å². The Morgan fingerprint density at radius 1 is 1.37 bits per heavy atom. The third kappa shape index (κ3) is 3.69. The number of nitrogens with zero attached hydrogens (tertiary/aromatic N) is 2. The second-order valence-corrected chi connectivity index (χ2v) is 7.08. The average molecular weight is 281 g/mol. The van der Waals surface area contributed by atoms with Crippen LogP contribution < -0.4 is 10.2 Å². The van der Waals surface area contributed by atoms with E-state index in [4.69, 9.17) is 4.98 Å². The molecule has 3 nitrogen and oxygen atoms in total. The van der Waals surface area contributed by atoms with Crippen LogP contribution in [0.1, 0.15) is 56.0 Å². The van der Waals surface area contributed by atoms with Gasteiger partial charge in [-0.25, -0.2) is 4.98 Å². The van der Waals surface area contributed by atoms with Crippen molar-refractivity contribution in [2.45, 2.75) is 52.0 Å². The Morgan fingerprint density at radius 3 is 2.63 bits per heavy atom. The summed E-state index contributed by atoms with van der Waals surface area (Å²) in [7, 11) is 4.20. The van der Waals surface area contributed by atoms with E-state index in [1.807, 2.05) is 18.4 Å². The number of hydrogen-bond acceptors (Lipinski definition) is 4. The summed E-state index contributed by atoms with van der Waals surface area (Å²) in [5.74, 6) is 1.39. The van der Waals surface area contributed by atoms with E-state index in [9.17, 15) is 0 Å². The zero-order valence-electron chi connectivity index (χ0n) is 12.7. The van der Waals surface area contributed by atoms with Crippen LogP contribution in [0.4, 0.5) is 5.13 Å². The highest BCUT2D eigenvalue weighted by molar-refractivity contribution is 7.15. The standard InChI is InChI=1S/C15H27N3S/c1-11(2)14-13(9-16-3)19-15(17-14)18(4)10-12-7-5-6-8-12/h11-12,16H,5-10H2,1-4H3. The van der Waals surface area contributed by atoms with Gasteiger partial charge in [-0.1, -0.05) is 26.7 Å². The molecule has 1 aliphatic rings. The van der Waals surface area contributed by atoms with E-state index in [1.54, 1.807) is 0 Å². The summed E-state index contributed by atoms with van der Waals surface area (Å²) in [5.41, 5.74) is 1.27. The molecule has 19 heavy (non-hydrogen) atoms. The molecule has 0 atom stereocenters. The summed E-state index contributed by atoms with van der Waals surface area (Å²) in [4.78, 5) is 8.64. The molecule has 0 aliphatic heterocycles. The summed E-state index contributed by atoms with van der Waals surface area (Å²) < 4.78 is 0. The predicted molar refractivity (Wildman–Crippen MR) is 84.2 cm³/mol. The van der Waals surface area contributed by atoms with E-state index in [0.717, 1.165) is 12.5 Å². The Balaban J connectivity index is 2.07. The first-order chi connectivity index (χ1) is 9.11. The highest BCUT2D eigenvalue weighted by atomic mass is 32.1. The van der Waals surface area contributed by atoms with Crippen molar-refractivity contribution in [3.63, 3.8) is 0 Å². The lowest BCUT2D eigenvalue weighted by Crippen LogP contribution is -2.23. The fourth-order valence-corrected chi connectivity index (χ4v) is 4.11. The molecule has 1 aromatic rings. The maximum absolute atomic E-state index is 4.87. The number of hydrogen-bond donors (Lipinski definition) is 1. The maximum atomic E-state index is 4.87. The number of anilines is 1. The van der Waals surface area contributed by atoms with Crippen LogP contribution in [0.15, 0.2) is 0 Å². The van der Waals surface area contributed by atoms with Gasteiger partial charge in [-0.2, -0.15) is 0 Å². The van der Waals surface area contributed by atoms with Crippen molar-refractivity contribution in [1.82, 2.24) is 10.3 Å². The number of rotatable bonds is 6. The third-order valence-corrected chi connectivity index (χ3v) is 5.12. The highest BCUT2D eigenvalue weighted by Gasteiger charge is 2.20. The van der Waals surface area contributed by atoms with Crippen LogP contribution in [0.25, 0.3) is 0 Å². The first kappa shape index (κ1) is 14.8. The monoisotopic (exact) mass is 281 g/mol. The molecule has 0 bridgehead atoms. The molecule has 0 unspecified atom stereocenters. The van der Waals surface area contributed by atoms with Gasteiger partial charge in [-0.3, -0.25) is 0 Å². The lowest BCUT2D eigenvalue weighted by molar-refractivity contribution is 0.546. The first-order valence-electron chi connectivity index (χ1n) is 7.47. The van der Waals surface area contributed by atoms with Crippen LogP contribution in [0, 0.1) is 5.92 Å². The maximum Gasteiger partial charge on any atom is 0.185 e. The Hall–Kier alpha value is -0.610. The van der Waals surface area contributed by atoms with E-state index in [1.165, 1.54) is 47.9 Å². The Bertz CT molecular complexity index is 394. The highest BCUT2D eigenvalue weighted by Crippen LogP contribution is 2.32. The summed E-state index contributed by atoms with van der Waals surface area (Å²) in [6.07, 6.45) is 5.63. The summed E-state index contributed by atoms with van der Waals surface area (Å²) in [5, 5.41) is 4.45. The van der Waals surface area contributed by atoms with E-state index in [2.05, 4.69) is 31.1 Å². The van der Waals surface area contributed by atoms with Crippen LogP contribution in [0.3, 0.4) is 0 Å². The largest absolute Gasteiger partial charge is 0.351 e. The molecule has 1 aromatic heterocycles. The topological polar surface area (TPSA) is 28.2 Å². The molecule has 4 heteroatoms. The molecule has 1 aliphatic carbocycles. The summed E-state index contributed by atoms with van der Waals surface area (Å²) in [6.45, 7) is 6.57. The van der Waals surface area contributed by atoms with Gasteiger partial charge in [0, 0.05) is 25.0 Å². The second kappa shape index (κ2) is 6.71.